The van der Waals surface area contributed by atoms with E-state index < -0.39 is 5.91 Å². The van der Waals surface area contributed by atoms with E-state index in [-0.39, 0.29) is 17.9 Å². The Balaban J connectivity index is 1.45. The van der Waals surface area contributed by atoms with Crippen LogP contribution in [-0.2, 0) is 11.3 Å². The SMILES string of the molecule is NC(=O)c1cccc(CNC(=O)C2CCN(C(=O)Nc3ccccc3)CC2)c1. The number of carbonyl (C=O) groups is 3. The summed E-state index contributed by atoms with van der Waals surface area (Å²) in [4.78, 5) is 37.7. The van der Waals surface area contributed by atoms with Crippen LogP contribution in [0.15, 0.2) is 54.6 Å². The van der Waals surface area contributed by atoms with Crippen LogP contribution >= 0.6 is 0 Å². The van der Waals surface area contributed by atoms with Crippen LogP contribution in [-0.4, -0.2) is 35.8 Å². The molecule has 0 aromatic heterocycles. The van der Waals surface area contributed by atoms with Gasteiger partial charge in [0.25, 0.3) is 0 Å². The monoisotopic (exact) mass is 380 g/mol. The third kappa shape index (κ3) is 5.09. The third-order valence-electron chi connectivity index (χ3n) is 4.86. The predicted octanol–water partition coefficient (Wildman–Crippen LogP) is 2.35. The van der Waals surface area contributed by atoms with E-state index in [4.69, 9.17) is 5.73 Å². The van der Waals surface area contributed by atoms with Gasteiger partial charge in [-0.15, -0.1) is 0 Å². The van der Waals surface area contributed by atoms with Crippen molar-refractivity contribution in [2.45, 2.75) is 19.4 Å². The zero-order chi connectivity index (χ0) is 19.9. The van der Waals surface area contributed by atoms with Crippen LogP contribution < -0.4 is 16.4 Å². The van der Waals surface area contributed by atoms with Crippen LogP contribution in [0, 0.1) is 5.92 Å². The van der Waals surface area contributed by atoms with Gasteiger partial charge in [-0.05, 0) is 42.7 Å². The van der Waals surface area contributed by atoms with Gasteiger partial charge in [0.05, 0.1) is 0 Å². The Morgan fingerprint density at radius 3 is 2.39 bits per heavy atom. The molecule has 146 valence electrons. The fraction of sp³-hybridized carbons (Fsp3) is 0.286. The number of nitrogens with zero attached hydrogens (tertiary/aromatic N) is 1. The van der Waals surface area contributed by atoms with Crippen LogP contribution in [0.3, 0.4) is 0 Å². The number of nitrogens with two attached hydrogens (primary N) is 1. The lowest BCUT2D eigenvalue weighted by molar-refractivity contribution is -0.126. The molecule has 0 atom stereocenters. The predicted molar refractivity (Wildman–Crippen MR) is 107 cm³/mol. The highest BCUT2D eigenvalue weighted by atomic mass is 16.2. The lowest BCUT2D eigenvalue weighted by Gasteiger charge is -2.31. The number of benzene rings is 2. The molecule has 7 nitrogen and oxygen atoms in total. The fourth-order valence-corrected chi connectivity index (χ4v) is 3.24. The molecule has 1 aliphatic rings. The molecule has 4 amide bonds. The molecule has 1 saturated heterocycles. The molecule has 1 heterocycles. The summed E-state index contributed by atoms with van der Waals surface area (Å²) in [5.41, 5.74) is 7.28. The molecule has 28 heavy (non-hydrogen) atoms. The number of amides is 4. The quantitative estimate of drug-likeness (QED) is 0.741. The molecule has 7 heteroatoms. The van der Waals surface area contributed by atoms with Crippen molar-refractivity contribution < 1.29 is 14.4 Å². The third-order valence-corrected chi connectivity index (χ3v) is 4.86. The lowest BCUT2D eigenvalue weighted by Crippen LogP contribution is -2.44. The molecule has 0 radical (unpaired) electrons. The second-order valence-corrected chi connectivity index (χ2v) is 6.84. The van der Waals surface area contributed by atoms with Crippen LogP contribution in [0.4, 0.5) is 10.5 Å². The number of primary amides is 1. The minimum absolute atomic E-state index is 0.0346. The maximum atomic E-state index is 12.4. The Morgan fingerprint density at radius 1 is 1.00 bits per heavy atom. The molecule has 0 aliphatic carbocycles. The van der Waals surface area contributed by atoms with Gasteiger partial charge in [0.15, 0.2) is 0 Å². The summed E-state index contributed by atoms with van der Waals surface area (Å²) in [6.45, 7) is 1.41. The van der Waals surface area contributed by atoms with Gasteiger partial charge in [-0.1, -0.05) is 30.3 Å². The van der Waals surface area contributed by atoms with E-state index in [1.807, 2.05) is 36.4 Å². The van der Waals surface area contributed by atoms with Crippen molar-refractivity contribution in [3.05, 3.63) is 65.7 Å². The summed E-state index contributed by atoms with van der Waals surface area (Å²) in [5.74, 6) is -0.651. The maximum Gasteiger partial charge on any atom is 0.321 e. The highest BCUT2D eigenvalue weighted by Gasteiger charge is 2.27. The van der Waals surface area contributed by atoms with Crippen LogP contribution in [0.25, 0.3) is 0 Å². The summed E-state index contributed by atoms with van der Waals surface area (Å²) in [6, 6.07) is 16.1. The van der Waals surface area contributed by atoms with E-state index >= 15 is 0 Å². The number of likely N-dealkylation sites (tertiary alicyclic amines) is 1. The van der Waals surface area contributed by atoms with Gasteiger partial charge >= 0.3 is 6.03 Å². The van der Waals surface area contributed by atoms with Crippen molar-refractivity contribution in [3.8, 4) is 0 Å². The Kier molecular flexibility index (Phi) is 6.26. The number of hydrogen-bond acceptors (Lipinski definition) is 3. The van der Waals surface area contributed by atoms with Crippen LogP contribution in [0.1, 0.15) is 28.8 Å². The average Bonchev–Trinajstić information content (AvgIpc) is 2.73. The molecular weight excluding hydrogens is 356 g/mol. The van der Waals surface area contributed by atoms with Gasteiger partial charge in [0, 0.05) is 36.8 Å². The van der Waals surface area contributed by atoms with E-state index in [1.54, 1.807) is 23.1 Å². The number of para-hydroxylation sites is 1. The summed E-state index contributed by atoms with van der Waals surface area (Å²) < 4.78 is 0. The van der Waals surface area contributed by atoms with Crippen molar-refractivity contribution in [3.63, 3.8) is 0 Å². The van der Waals surface area contributed by atoms with E-state index in [1.165, 1.54) is 0 Å². The number of urea groups is 1. The van der Waals surface area contributed by atoms with Gasteiger partial charge in [0.1, 0.15) is 0 Å². The first-order valence-electron chi connectivity index (χ1n) is 9.30. The molecule has 2 aromatic rings. The van der Waals surface area contributed by atoms with E-state index in [0.717, 1.165) is 11.3 Å². The van der Waals surface area contributed by atoms with Gasteiger partial charge in [-0.3, -0.25) is 9.59 Å². The summed E-state index contributed by atoms with van der Waals surface area (Å²) in [6.07, 6.45) is 1.24. The van der Waals surface area contributed by atoms with Crippen molar-refractivity contribution in [1.29, 1.82) is 0 Å². The molecule has 2 aromatic carbocycles. The van der Waals surface area contributed by atoms with Crippen molar-refractivity contribution in [1.82, 2.24) is 10.2 Å². The number of nitrogens with one attached hydrogen (secondary N) is 2. The van der Waals surface area contributed by atoms with E-state index in [0.29, 0.717) is 38.0 Å². The van der Waals surface area contributed by atoms with Crippen LogP contribution in [0.5, 0.6) is 0 Å². The van der Waals surface area contributed by atoms with E-state index in [2.05, 4.69) is 10.6 Å². The zero-order valence-corrected chi connectivity index (χ0v) is 15.6. The van der Waals surface area contributed by atoms with E-state index in [9.17, 15) is 14.4 Å². The first kappa shape index (κ1) is 19.4. The summed E-state index contributed by atoms with van der Waals surface area (Å²) in [7, 11) is 0. The second kappa shape index (κ2) is 9.03. The van der Waals surface area contributed by atoms with Gasteiger partial charge in [-0.25, -0.2) is 4.79 Å². The molecule has 4 N–H and O–H groups in total. The Morgan fingerprint density at radius 2 is 1.71 bits per heavy atom. The fourth-order valence-electron chi connectivity index (χ4n) is 3.24. The maximum absolute atomic E-state index is 12.4. The Bertz CT molecular complexity index is 846. The highest BCUT2D eigenvalue weighted by Crippen LogP contribution is 2.19. The van der Waals surface area contributed by atoms with Crippen LogP contribution in [0.2, 0.25) is 0 Å². The molecule has 0 spiro atoms. The molecule has 1 aliphatic heterocycles. The second-order valence-electron chi connectivity index (χ2n) is 6.84. The number of carbonyl (C=O) groups excluding carboxylic acids is 3. The minimum atomic E-state index is -0.491. The average molecular weight is 380 g/mol. The zero-order valence-electron chi connectivity index (χ0n) is 15.6. The largest absolute Gasteiger partial charge is 0.366 e. The van der Waals surface area contributed by atoms with Gasteiger partial charge in [-0.2, -0.15) is 0 Å². The minimum Gasteiger partial charge on any atom is -0.366 e. The van der Waals surface area contributed by atoms with Gasteiger partial charge < -0.3 is 21.3 Å². The van der Waals surface area contributed by atoms with Crippen molar-refractivity contribution in [2.24, 2.45) is 11.7 Å². The molecule has 3 rings (SSSR count). The number of rotatable bonds is 5. The smallest absolute Gasteiger partial charge is 0.321 e. The Labute approximate surface area is 163 Å². The molecule has 0 unspecified atom stereocenters. The Hall–Kier alpha value is -3.35. The molecule has 1 fully saturated rings. The normalized spacial score (nSPS) is 14.4. The summed E-state index contributed by atoms with van der Waals surface area (Å²) >= 11 is 0. The molecule has 0 bridgehead atoms. The molecule has 0 saturated carbocycles. The van der Waals surface area contributed by atoms with Gasteiger partial charge in [0.2, 0.25) is 11.8 Å². The van der Waals surface area contributed by atoms with Crippen molar-refractivity contribution >= 4 is 23.5 Å². The number of hydrogen-bond donors (Lipinski definition) is 3. The number of piperidine rings is 1. The topological polar surface area (TPSA) is 105 Å². The molecular formula is C21H24N4O3. The lowest BCUT2D eigenvalue weighted by atomic mass is 9.96. The highest BCUT2D eigenvalue weighted by molar-refractivity contribution is 5.93. The standard InChI is InChI=1S/C21H24N4O3/c22-19(26)17-6-4-5-15(13-17)14-23-20(27)16-9-11-25(12-10-16)21(28)24-18-7-2-1-3-8-18/h1-8,13,16H,9-12,14H2,(H2,22,26)(H,23,27)(H,24,28). The van der Waals surface area contributed by atoms with Crippen molar-refractivity contribution in [2.75, 3.05) is 18.4 Å². The number of anilines is 1. The first-order valence-corrected chi connectivity index (χ1v) is 9.30. The summed E-state index contributed by atoms with van der Waals surface area (Å²) in [5, 5.41) is 5.77. The first-order chi connectivity index (χ1) is 13.5.